The average Bonchev–Trinajstić information content (AvgIpc) is 2.99. The first-order valence-corrected chi connectivity index (χ1v) is 9.49. The standard InChI is InChI=1S/C18H16Cl2N2O3S/c1-3-24-12-5-6-14-16(9-12)26-18(21-14)22-17(23)10(2)25-15-7-4-11(19)8-13(15)20/h4-10H,3H2,1-2H3,(H,21,22,23)/t10-/m0/s1. The Kier molecular flexibility index (Phi) is 5.86. The Balaban J connectivity index is 1.69. The molecule has 26 heavy (non-hydrogen) atoms. The van der Waals surface area contributed by atoms with Crippen LogP contribution in [0.1, 0.15) is 13.8 Å². The molecule has 0 fully saturated rings. The zero-order chi connectivity index (χ0) is 18.7. The highest BCUT2D eigenvalue weighted by Gasteiger charge is 2.18. The van der Waals surface area contributed by atoms with Crippen molar-refractivity contribution in [2.75, 3.05) is 11.9 Å². The van der Waals surface area contributed by atoms with Gasteiger partial charge < -0.3 is 9.47 Å². The Bertz CT molecular complexity index is 945. The molecule has 3 aromatic rings. The van der Waals surface area contributed by atoms with Crippen LogP contribution in [0, 0.1) is 0 Å². The van der Waals surface area contributed by atoms with Crippen LogP contribution in [0.2, 0.25) is 10.0 Å². The summed E-state index contributed by atoms with van der Waals surface area (Å²) in [7, 11) is 0. The molecule has 2 aromatic carbocycles. The predicted octanol–water partition coefficient (Wildman–Crippen LogP) is 5.41. The molecule has 0 aliphatic rings. The zero-order valence-electron chi connectivity index (χ0n) is 14.1. The van der Waals surface area contributed by atoms with Gasteiger partial charge in [0, 0.05) is 5.02 Å². The summed E-state index contributed by atoms with van der Waals surface area (Å²) in [6, 6.07) is 10.5. The fourth-order valence-corrected chi connectivity index (χ4v) is 3.59. The van der Waals surface area contributed by atoms with Gasteiger partial charge in [-0.05, 0) is 50.2 Å². The lowest BCUT2D eigenvalue weighted by molar-refractivity contribution is -0.122. The number of nitrogens with zero attached hydrogens (tertiary/aromatic N) is 1. The number of thiazole rings is 1. The minimum absolute atomic E-state index is 0.319. The summed E-state index contributed by atoms with van der Waals surface area (Å²) in [4.78, 5) is 16.8. The van der Waals surface area contributed by atoms with Gasteiger partial charge in [0.2, 0.25) is 0 Å². The zero-order valence-corrected chi connectivity index (χ0v) is 16.4. The van der Waals surface area contributed by atoms with Crippen molar-refractivity contribution in [3.05, 3.63) is 46.4 Å². The van der Waals surface area contributed by atoms with Crippen LogP contribution in [0.5, 0.6) is 11.5 Å². The van der Waals surface area contributed by atoms with Crippen molar-refractivity contribution in [3.8, 4) is 11.5 Å². The van der Waals surface area contributed by atoms with Crippen molar-refractivity contribution in [1.82, 2.24) is 4.98 Å². The summed E-state index contributed by atoms with van der Waals surface area (Å²) in [6.07, 6.45) is -0.750. The van der Waals surface area contributed by atoms with Crippen LogP contribution in [0.25, 0.3) is 10.2 Å². The third kappa shape index (κ3) is 4.38. The molecule has 0 aliphatic heterocycles. The number of nitrogens with one attached hydrogen (secondary N) is 1. The Morgan fingerprint density at radius 3 is 2.81 bits per heavy atom. The number of rotatable bonds is 6. The summed E-state index contributed by atoms with van der Waals surface area (Å²) in [5.41, 5.74) is 0.795. The molecule has 0 unspecified atom stereocenters. The van der Waals surface area contributed by atoms with Gasteiger partial charge in [0.05, 0.1) is 21.8 Å². The smallest absolute Gasteiger partial charge is 0.266 e. The van der Waals surface area contributed by atoms with E-state index in [1.165, 1.54) is 11.3 Å². The third-order valence-corrected chi connectivity index (χ3v) is 4.93. The highest BCUT2D eigenvalue weighted by molar-refractivity contribution is 7.22. The quantitative estimate of drug-likeness (QED) is 0.590. The molecule has 1 aromatic heterocycles. The van der Waals surface area contributed by atoms with Crippen LogP contribution in [0.4, 0.5) is 5.13 Å². The molecule has 0 aliphatic carbocycles. The van der Waals surface area contributed by atoms with Crippen LogP contribution in [0.3, 0.4) is 0 Å². The van der Waals surface area contributed by atoms with Gasteiger partial charge in [-0.2, -0.15) is 0 Å². The van der Waals surface area contributed by atoms with Gasteiger partial charge >= 0.3 is 0 Å². The second kappa shape index (κ2) is 8.12. The van der Waals surface area contributed by atoms with Crippen LogP contribution >= 0.6 is 34.5 Å². The van der Waals surface area contributed by atoms with E-state index in [0.717, 1.165) is 16.0 Å². The van der Waals surface area contributed by atoms with Crippen molar-refractivity contribution in [3.63, 3.8) is 0 Å². The Labute approximate surface area is 164 Å². The van der Waals surface area contributed by atoms with E-state index in [9.17, 15) is 4.79 Å². The van der Waals surface area contributed by atoms with Gasteiger partial charge in [-0.3, -0.25) is 10.1 Å². The number of carbonyl (C=O) groups is 1. The first-order chi connectivity index (χ1) is 12.5. The molecule has 1 atom stereocenters. The van der Waals surface area contributed by atoms with E-state index >= 15 is 0 Å². The van der Waals surface area contributed by atoms with E-state index < -0.39 is 6.10 Å². The Morgan fingerprint density at radius 1 is 1.27 bits per heavy atom. The predicted molar refractivity (Wildman–Crippen MR) is 106 cm³/mol. The van der Waals surface area contributed by atoms with Crippen LogP contribution in [0.15, 0.2) is 36.4 Å². The summed E-state index contributed by atoms with van der Waals surface area (Å²) < 4.78 is 12.0. The molecule has 136 valence electrons. The number of hydrogen-bond acceptors (Lipinski definition) is 5. The van der Waals surface area contributed by atoms with Crippen molar-refractivity contribution in [2.24, 2.45) is 0 Å². The number of ether oxygens (including phenoxy) is 2. The van der Waals surface area contributed by atoms with Gasteiger partial charge in [-0.25, -0.2) is 4.98 Å². The van der Waals surface area contributed by atoms with Gasteiger partial charge in [0.25, 0.3) is 5.91 Å². The van der Waals surface area contributed by atoms with E-state index in [1.807, 2.05) is 25.1 Å². The second-order valence-corrected chi connectivity index (χ2v) is 7.28. The number of anilines is 1. The van der Waals surface area contributed by atoms with Crippen molar-refractivity contribution in [2.45, 2.75) is 20.0 Å². The van der Waals surface area contributed by atoms with Crippen LogP contribution in [-0.4, -0.2) is 23.6 Å². The maximum Gasteiger partial charge on any atom is 0.266 e. The highest BCUT2D eigenvalue weighted by atomic mass is 35.5. The third-order valence-electron chi connectivity index (χ3n) is 3.47. The van der Waals surface area contributed by atoms with Crippen molar-refractivity contribution in [1.29, 1.82) is 0 Å². The number of benzene rings is 2. The molecular formula is C18H16Cl2N2O3S. The Morgan fingerprint density at radius 2 is 2.08 bits per heavy atom. The van der Waals surface area contributed by atoms with Gasteiger partial charge in [0.1, 0.15) is 11.5 Å². The molecule has 3 rings (SSSR count). The number of aromatic nitrogens is 1. The topological polar surface area (TPSA) is 60.5 Å². The lowest BCUT2D eigenvalue weighted by Gasteiger charge is -2.14. The molecule has 0 bridgehead atoms. The van der Waals surface area contributed by atoms with E-state index in [4.69, 9.17) is 32.7 Å². The van der Waals surface area contributed by atoms with E-state index in [1.54, 1.807) is 25.1 Å². The molecule has 8 heteroatoms. The van der Waals surface area contributed by atoms with Gasteiger partial charge in [-0.15, -0.1) is 0 Å². The lowest BCUT2D eigenvalue weighted by Crippen LogP contribution is -2.30. The first-order valence-electron chi connectivity index (χ1n) is 7.92. The fourth-order valence-electron chi connectivity index (χ4n) is 2.24. The number of carbonyl (C=O) groups excluding carboxylic acids is 1. The summed E-state index contributed by atoms with van der Waals surface area (Å²) >= 11 is 13.3. The number of halogens is 2. The molecular weight excluding hydrogens is 395 g/mol. The summed E-state index contributed by atoms with van der Waals surface area (Å²) in [6.45, 7) is 4.16. The van der Waals surface area contributed by atoms with Crippen molar-refractivity contribution >= 4 is 55.8 Å². The number of fused-ring (bicyclic) bond motifs is 1. The van der Waals surface area contributed by atoms with E-state index in [0.29, 0.717) is 27.5 Å². The summed E-state index contributed by atoms with van der Waals surface area (Å²) in [5.74, 6) is 0.847. The normalized spacial score (nSPS) is 12.0. The maximum atomic E-state index is 12.4. The molecule has 1 heterocycles. The van der Waals surface area contributed by atoms with Gasteiger partial charge in [-0.1, -0.05) is 34.5 Å². The van der Waals surface area contributed by atoms with E-state index in [-0.39, 0.29) is 5.91 Å². The minimum Gasteiger partial charge on any atom is -0.494 e. The molecule has 1 N–H and O–H groups in total. The largest absolute Gasteiger partial charge is 0.494 e. The first kappa shape index (κ1) is 18.8. The minimum atomic E-state index is -0.750. The fraction of sp³-hybridized carbons (Fsp3) is 0.222. The Hall–Kier alpha value is -2.02. The summed E-state index contributed by atoms with van der Waals surface area (Å²) in [5, 5.41) is 4.11. The van der Waals surface area contributed by atoms with Crippen LogP contribution in [-0.2, 0) is 4.79 Å². The van der Waals surface area contributed by atoms with Gasteiger partial charge in [0.15, 0.2) is 11.2 Å². The molecule has 0 radical (unpaired) electrons. The molecule has 1 amide bonds. The molecule has 0 saturated heterocycles. The van der Waals surface area contributed by atoms with Crippen LogP contribution < -0.4 is 14.8 Å². The average molecular weight is 411 g/mol. The monoisotopic (exact) mass is 410 g/mol. The highest BCUT2D eigenvalue weighted by Crippen LogP contribution is 2.30. The van der Waals surface area contributed by atoms with Crippen molar-refractivity contribution < 1.29 is 14.3 Å². The second-order valence-electron chi connectivity index (χ2n) is 5.41. The lowest BCUT2D eigenvalue weighted by atomic mass is 10.3. The maximum absolute atomic E-state index is 12.4. The van der Waals surface area contributed by atoms with E-state index in [2.05, 4.69) is 10.3 Å². The molecule has 5 nitrogen and oxygen atoms in total. The molecule has 0 saturated carbocycles. The SMILES string of the molecule is CCOc1ccc2nc(NC(=O)[C@H](C)Oc3ccc(Cl)cc3Cl)sc2c1. The number of hydrogen-bond donors (Lipinski definition) is 1. The molecule has 0 spiro atoms. The number of amides is 1.